The molecule has 0 aromatic carbocycles. The van der Waals surface area contributed by atoms with Gasteiger partial charge in [0.25, 0.3) is 0 Å². The van der Waals surface area contributed by atoms with Crippen LogP contribution in [0.25, 0.3) is 0 Å². The van der Waals surface area contributed by atoms with Gasteiger partial charge in [-0.1, -0.05) is 12.7 Å². The van der Waals surface area contributed by atoms with Gasteiger partial charge in [0, 0.05) is 12.5 Å². The van der Waals surface area contributed by atoms with E-state index >= 15 is 0 Å². The molecule has 0 spiro atoms. The number of ether oxygens (including phenoxy) is 5. The molecule has 0 radical (unpaired) electrons. The summed E-state index contributed by atoms with van der Waals surface area (Å²) in [7, 11) is 1.15. The van der Waals surface area contributed by atoms with Crippen molar-refractivity contribution in [2.24, 2.45) is 5.92 Å². The number of methoxy groups -OCH3 is 1. The van der Waals surface area contributed by atoms with Crippen LogP contribution in [0.4, 0.5) is 0 Å². The lowest BCUT2D eigenvalue weighted by atomic mass is 9.80. The van der Waals surface area contributed by atoms with Crippen molar-refractivity contribution < 1.29 is 48.0 Å². The molecule has 0 aromatic heterocycles. The Morgan fingerprint density at radius 1 is 1.35 bits per heavy atom. The molecular formula is C23H29ClO10. The summed E-state index contributed by atoms with van der Waals surface area (Å²) in [6, 6.07) is 0. The Kier molecular flexibility index (Phi) is 7.17. The van der Waals surface area contributed by atoms with E-state index in [0.29, 0.717) is 12.8 Å². The summed E-state index contributed by atoms with van der Waals surface area (Å²) >= 11 is 5.98. The van der Waals surface area contributed by atoms with Crippen LogP contribution in [0.3, 0.4) is 0 Å². The van der Waals surface area contributed by atoms with E-state index in [-0.39, 0.29) is 11.1 Å². The van der Waals surface area contributed by atoms with Crippen LogP contribution in [-0.2, 0) is 42.9 Å². The van der Waals surface area contributed by atoms with E-state index in [1.54, 1.807) is 0 Å². The van der Waals surface area contributed by atoms with Gasteiger partial charge < -0.3 is 28.8 Å². The number of alkyl halides is 1. The lowest BCUT2D eigenvalue weighted by Gasteiger charge is -2.35. The maximum Gasteiger partial charge on any atom is 0.339 e. The van der Waals surface area contributed by atoms with Crippen LogP contribution in [0.2, 0.25) is 0 Å². The van der Waals surface area contributed by atoms with E-state index in [2.05, 4.69) is 6.58 Å². The van der Waals surface area contributed by atoms with Crippen LogP contribution >= 0.6 is 11.6 Å². The van der Waals surface area contributed by atoms with Gasteiger partial charge in [-0.25, -0.2) is 14.4 Å². The van der Waals surface area contributed by atoms with Crippen molar-refractivity contribution in [3.63, 3.8) is 0 Å². The van der Waals surface area contributed by atoms with E-state index in [0.717, 1.165) is 21.0 Å². The summed E-state index contributed by atoms with van der Waals surface area (Å²) in [6.07, 6.45) is -2.12. The molecule has 2 aliphatic heterocycles. The van der Waals surface area contributed by atoms with Gasteiger partial charge in [-0.15, -0.1) is 11.6 Å². The number of epoxide rings is 1. The first kappa shape index (κ1) is 26.2. The van der Waals surface area contributed by atoms with Crippen molar-refractivity contribution in [1.82, 2.24) is 0 Å². The monoisotopic (exact) mass is 500 g/mol. The van der Waals surface area contributed by atoms with Crippen molar-refractivity contribution in [2.45, 2.75) is 81.5 Å². The summed E-state index contributed by atoms with van der Waals surface area (Å²) in [5.74, 6) is -4.55. The third kappa shape index (κ3) is 4.71. The summed E-state index contributed by atoms with van der Waals surface area (Å²) in [5.41, 5.74) is -2.95. The van der Waals surface area contributed by atoms with Gasteiger partial charge in [0.1, 0.15) is 12.2 Å². The molecule has 2 fully saturated rings. The number of aliphatic hydroxyl groups is 1. The van der Waals surface area contributed by atoms with Gasteiger partial charge >= 0.3 is 23.9 Å². The van der Waals surface area contributed by atoms with Crippen molar-refractivity contribution in [3.8, 4) is 0 Å². The number of esters is 4. The largest absolute Gasteiger partial charge is 0.466 e. The molecule has 34 heavy (non-hydrogen) atoms. The van der Waals surface area contributed by atoms with Crippen molar-refractivity contribution in [3.05, 3.63) is 23.8 Å². The van der Waals surface area contributed by atoms with E-state index in [9.17, 15) is 24.3 Å². The van der Waals surface area contributed by atoms with Crippen molar-refractivity contribution in [2.75, 3.05) is 7.11 Å². The average Bonchev–Trinajstić information content (AvgIpc) is 3.34. The molecule has 1 aliphatic carbocycles. The number of allylic oxidation sites excluding steroid dienone is 1. The van der Waals surface area contributed by atoms with Crippen LogP contribution in [0.5, 0.6) is 0 Å². The van der Waals surface area contributed by atoms with E-state index in [1.807, 2.05) is 6.92 Å². The van der Waals surface area contributed by atoms with Gasteiger partial charge in [-0.2, -0.15) is 0 Å². The van der Waals surface area contributed by atoms with Gasteiger partial charge in [0.05, 0.1) is 29.6 Å². The molecule has 10 nitrogen and oxygen atoms in total. The summed E-state index contributed by atoms with van der Waals surface area (Å²) in [6.45, 7) is 9.30. The third-order valence-corrected chi connectivity index (χ3v) is 7.03. The molecule has 1 N–H and O–H groups in total. The fourth-order valence-corrected chi connectivity index (χ4v) is 4.37. The van der Waals surface area contributed by atoms with E-state index < -0.39 is 70.8 Å². The lowest BCUT2D eigenvalue weighted by molar-refractivity contribution is -0.184. The van der Waals surface area contributed by atoms with Crippen LogP contribution in [-0.4, -0.2) is 77.1 Å². The van der Waals surface area contributed by atoms with Crippen molar-refractivity contribution in [1.29, 1.82) is 0 Å². The third-order valence-electron chi connectivity index (χ3n) is 6.61. The maximum atomic E-state index is 13.0. The zero-order valence-electron chi connectivity index (χ0n) is 19.7. The van der Waals surface area contributed by atoms with Gasteiger partial charge in [-0.3, -0.25) is 4.79 Å². The maximum absolute atomic E-state index is 13.0. The highest BCUT2D eigenvalue weighted by molar-refractivity contribution is 6.22. The number of carbonyl (C=O) groups is 4. The number of rotatable bonds is 5. The van der Waals surface area contributed by atoms with Crippen molar-refractivity contribution >= 4 is 35.5 Å². The Morgan fingerprint density at radius 3 is 2.56 bits per heavy atom. The molecule has 188 valence electrons. The number of halogens is 1. The second-order valence-electron chi connectivity index (χ2n) is 9.13. The average molecular weight is 501 g/mol. The zero-order chi connectivity index (χ0) is 25.6. The predicted octanol–water partition coefficient (Wildman–Crippen LogP) is 1.36. The summed E-state index contributed by atoms with van der Waals surface area (Å²) in [4.78, 5) is 50.3. The molecule has 0 amide bonds. The topological polar surface area (TPSA) is 138 Å². The standard InChI is InChI=1S/C23H29ClO10/c1-10-14-16(33-21(28)23(5,29)11(2)24)15(31-12(3)25)13(20(27)30-6)8-7-9-22(4)18(34-22)17(14)32-19(10)26/h8,11,14-18,29H,1,7,9H2,2-6H3/b13-8-/t11-,14+,15-,16-,17-,18-,22+,23+/m0/s1. The molecule has 0 bridgehead atoms. The normalized spacial score (nSPS) is 36.9. The fourth-order valence-electron chi connectivity index (χ4n) is 4.28. The Morgan fingerprint density at radius 2 is 2.00 bits per heavy atom. The van der Waals surface area contributed by atoms with Gasteiger partial charge in [0.2, 0.25) is 0 Å². The lowest BCUT2D eigenvalue weighted by Crippen LogP contribution is -2.52. The highest BCUT2D eigenvalue weighted by atomic mass is 35.5. The molecule has 2 saturated heterocycles. The molecule has 0 unspecified atom stereocenters. The highest BCUT2D eigenvalue weighted by Gasteiger charge is 2.65. The number of hydrogen-bond acceptors (Lipinski definition) is 10. The van der Waals surface area contributed by atoms with Crippen LogP contribution in [0, 0.1) is 5.92 Å². The van der Waals surface area contributed by atoms with E-state index in [1.165, 1.54) is 13.0 Å². The second kappa shape index (κ2) is 9.31. The number of fused-ring (bicyclic) bond motifs is 3. The summed E-state index contributed by atoms with van der Waals surface area (Å²) < 4.78 is 27.4. The van der Waals surface area contributed by atoms with Crippen LogP contribution < -0.4 is 0 Å². The molecule has 3 rings (SSSR count). The minimum atomic E-state index is -2.14. The molecular weight excluding hydrogens is 472 g/mol. The first-order valence-corrected chi connectivity index (χ1v) is 11.3. The smallest absolute Gasteiger partial charge is 0.339 e. The molecule has 0 aromatic rings. The Bertz CT molecular complexity index is 938. The fraction of sp³-hybridized carbons (Fsp3) is 0.652. The number of hydrogen-bond donors (Lipinski definition) is 1. The second-order valence-corrected chi connectivity index (χ2v) is 9.78. The first-order chi connectivity index (χ1) is 15.7. The molecule has 0 saturated carbocycles. The van der Waals surface area contributed by atoms with E-state index in [4.69, 9.17) is 35.3 Å². The number of carbonyl (C=O) groups excluding carboxylic acids is 4. The first-order valence-electron chi connectivity index (χ1n) is 10.8. The van der Waals surface area contributed by atoms with Gasteiger partial charge in [0.15, 0.2) is 17.8 Å². The predicted molar refractivity (Wildman–Crippen MR) is 116 cm³/mol. The molecule has 11 heteroatoms. The van der Waals surface area contributed by atoms with Crippen LogP contribution in [0.15, 0.2) is 23.8 Å². The zero-order valence-corrected chi connectivity index (χ0v) is 20.4. The Hall–Kier alpha value is -2.43. The minimum Gasteiger partial charge on any atom is -0.466 e. The Balaban J connectivity index is 2.18. The summed E-state index contributed by atoms with van der Waals surface area (Å²) in [5, 5.41) is 9.54. The van der Waals surface area contributed by atoms with Crippen LogP contribution in [0.1, 0.15) is 40.5 Å². The highest BCUT2D eigenvalue weighted by Crippen LogP contribution is 2.50. The molecule has 3 aliphatic rings. The minimum absolute atomic E-state index is 0.0545. The molecule has 8 atom stereocenters. The van der Waals surface area contributed by atoms with Gasteiger partial charge in [-0.05, 0) is 33.6 Å². The molecule has 2 heterocycles. The SMILES string of the molecule is C=C1C(=O)O[C@H]2[C@H]1[C@H](OC(=O)[C@](C)(O)[C@H](C)Cl)[C@@H](OC(C)=O)/C(C(=O)OC)=C/CC[C@@]1(C)O[C@@H]21. The Labute approximate surface area is 202 Å². The quantitative estimate of drug-likeness (QED) is 0.193.